The maximum Gasteiger partial charge on any atom is 0.335 e. The van der Waals surface area contributed by atoms with Crippen LogP contribution in [0.4, 0.5) is 4.39 Å². The summed E-state index contributed by atoms with van der Waals surface area (Å²) in [4.78, 5) is 11.1. The molecule has 1 saturated carbocycles. The average molecular weight is 462 g/mol. The van der Waals surface area contributed by atoms with Crippen molar-refractivity contribution >= 4 is 22.4 Å². The van der Waals surface area contributed by atoms with E-state index in [0.29, 0.717) is 17.5 Å². The van der Waals surface area contributed by atoms with Crippen molar-refractivity contribution in [1.82, 2.24) is 4.57 Å². The first-order valence-electron chi connectivity index (χ1n) is 12.2. The smallest absolute Gasteiger partial charge is 0.335 e. The molecule has 3 aromatic rings. The van der Waals surface area contributed by atoms with Gasteiger partial charge in [0.25, 0.3) is 0 Å². The zero-order valence-corrected chi connectivity index (χ0v) is 20.1. The van der Waals surface area contributed by atoms with Crippen LogP contribution in [0.15, 0.2) is 48.9 Å². The number of carboxylic acid groups (broad SMARTS) is 1. The number of carbonyl (C=O) groups is 1. The van der Waals surface area contributed by atoms with E-state index in [1.807, 2.05) is 25.3 Å². The third-order valence-corrected chi connectivity index (χ3v) is 7.71. The van der Waals surface area contributed by atoms with Gasteiger partial charge in [0.15, 0.2) is 0 Å². The first-order chi connectivity index (χ1) is 16.2. The highest BCUT2D eigenvalue weighted by Gasteiger charge is 2.40. The minimum absolute atomic E-state index is 0.147. The lowest BCUT2D eigenvalue weighted by atomic mass is 9.74. The second kappa shape index (κ2) is 8.61. The van der Waals surface area contributed by atoms with Crippen LogP contribution in [0.1, 0.15) is 79.0 Å². The largest absolute Gasteiger partial charge is 0.494 e. The summed E-state index contributed by atoms with van der Waals surface area (Å²) in [7, 11) is 0. The highest BCUT2D eigenvalue weighted by atomic mass is 19.1. The number of hydrogen-bond acceptors (Lipinski definition) is 2. The van der Waals surface area contributed by atoms with Crippen molar-refractivity contribution in [2.45, 2.75) is 70.9 Å². The van der Waals surface area contributed by atoms with Gasteiger partial charge in [-0.3, -0.25) is 0 Å². The van der Waals surface area contributed by atoms with E-state index in [9.17, 15) is 9.18 Å². The molecule has 1 N–H and O–H groups in total. The molecule has 2 aliphatic rings. The molecule has 1 aliphatic carbocycles. The lowest BCUT2D eigenvalue weighted by Gasteiger charge is -2.36. The molecule has 0 radical (unpaired) electrons. The van der Waals surface area contributed by atoms with Gasteiger partial charge in [0, 0.05) is 24.0 Å². The molecule has 0 amide bonds. The number of hydrogen-bond donors (Lipinski definition) is 1. The Bertz CT molecular complexity index is 1260. The molecule has 5 heteroatoms. The molecule has 1 fully saturated rings. The van der Waals surface area contributed by atoms with Gasteiger partial charge in [0.05, 0.1) is 17.3 Å². The molecule has 34 heavy (non-hydrogen) atoms. The van der Waals surface area contributed by atoms with Gasteiger partial charge in [-0.1, -0.05) is 12.1 Å². The second-order valence-electron chi connectivity index (χ2n) is 10.4. The minimum Gasteiger partial charge on any atom is -0.494 e. The van der Waals surface area contributed by atoms with Gasteiger partial charge < -0.3 is 14.4 Å². The summed E-state index contributed by atoms with van der Waals surface area (Å²) in [5.41, 5.74) is 5.72. The first kappa shape index (κ1) is 22.7. The summed E-state index contributed by atoms with van der Waals surface area (Å²) in [6, 6.07) is 10.7. The number of halogens is 1. The highest BCUT2D eigenvalue weighted by molar-refractivity contribution is 5.88. The number of aryl methyl sites for hydroxylation is 1. The van der Waals surface area contributed by atoms with Crippen molar-refractivity contribution in [3.63, 3.8) is 0 Å². The summed E-state index contributed by atoms with van der Waals surface area (Å²) in [6.45, 7) is 6.34. The summed E-state index contributed by atoms with van der Waals surface area (Å²) < 4.78 is 22.8. The molecule has 2 aromatic carbocycles. The molecule has 2 heterocycles. The number of benzene rings is 2. The van der Waals surface area contributed by atoms with Crippen molar-refractivity contribution in [2.75, 3.05) is 0 Å². The third kappa shape index (κ3) is 4.13. The van der Waals surface area contributed by atoms with Gasteiger partial charge in [-0.2, -0.15) is 0 Å². The maximum atomic E-state index is 14.2. The van der Waals surface area contributed by atoms with Gasteiger partial charge in [0.1, 0.15) is 11.4 Å². The van der Waals surface area contributed by atoms with Crippen LogP contribution in [-0.2, 0) is 11.2 Å². The van der Waals surface area contributed by atoms with Crippen molar-refractivity contribution in [2.24, 2.45) is 5.92 Å². The van der Waals surface area contributed by atoms with E-state index in [0.717, 1.165) is 66.1 Å². The number of carboxylic acids is 1. The fourth-order valence-corrected chi connectivity index (χ4v) is 5.83. The zero-order chi connectivity index (χ0) is 24.0. The molecule has 5 rings (SSSR count). The standard InChI is InChI=1S/C29H32FNO3/c1-18(2)31-16-23(26-14-25(30)12-19(3)27(26)31)13-20-8-10-29(11-9-20)15-24(17-34-29)21-4-6-22(7-5-21)28(32)33/h4-7,12,14,16-18,20H,8-11,13,15H2,1-3H3,(H,32,33). The Morgan fingerprint density at radius 2 is 1.91 bits per heavy atom. The van der Waals surface area contributed by atoms with E-state index < -0.39 is 5.97 Å². The van der Waals surface area contributed by atoms with Crippen LogP contribution in [0.25, 0.3) is 16.5 Å². The fraction of sp³-hybridized carbons (Fsp3) is 0.414. The van der Waals surface area contributed by atoms with Crippen LogP contribution in [-0.4, -0.2) is 21.2 Å². The molecule has 0 unspecified atom stereocenters. The fourth-order valence-electron chi connectivity index (χ4n) is 5.83. The van der Waals surface area contributed by atoms with E-state index in [-0.39, 0.29) is 11.4 Å². The van der Waals surface area contributed by atoms with Gasteiger partial charge in [-0.15, -0.1) is 0 Å². The van der Waals surface area contributed by atoms with E-state index in [4.69, 9.17) is 9.84 Å². The number of nitrogens with zero attached hydrogens (tertiary/aromatic N) is 1. The Morgan fingerprint density at radius 3 is 2.56 bits per heavy atom. The van der Waals surface area contributed by atoms with Crippen LogP contribution < -0.4 is 0 Å². The topological polar surface area (TPSA) is 51.5 Å². The van der Waals surface area contributed by atoms with Crippen LogP contribution in [0.3, 0.4) is 0 Å². The molecular weight excluding hydrogens is 429 g/mol. The maximum absolute atomic E-state index is 14.2. The predicted molar refractivity (Wildman–Crippen MR) is 132 cm³/mol. The second-order valence-corrected chi connectivity index (χ2v) is 10.4. The Hall–Kier alpha value is -3.08. The monoisotopic (exact) mass is 461 g/mol. The number of aromatic carboxylic acids is 1. The van der Waals surface area contributed by atoms with E-state index in [1.165, 1.54) is 5.56 Å². The third-order valence-electron chi connectivity index (χ3n) is 7.71. The quantitative estimate of drug-likeness (QED) is 0.434. The van der Waals surface area contributed by atoms with Crippen LogP contribution in [0, 0.1) is 18.7 Å². The minimum atomic E-state index is -0.910. The van der Waals surface area contributed by atoms with Crippen LogP contribution >= 0.6 is 0 Å². The summed E-state index contributed by atoms with van der Waals surface area (Å²) in [6.07, 6.45) is 10.1. The van der Waals surface area contributed by atoms with E-state index in [1.54, 1.807) is 24.3 Å². The first-order valence-corrected chi connectivity index (χ1v) is 12.2. The molecule has 4 nitrogen and oxygen atoms in total. The Balaban J connectivity index is 1.27. The molecule has 0 bridgehead atoms. The molecule has 0 saturated heterocycles. The normalized spacial score (nSPS) is 22.4. The molecule has 178 valence electrons. The van der Waals surface area contributed by atoms with Gasteiger partial charge in [0.2, 0.25) is 0 Å². The van der Waals surface area contributed by atoms with Gasteiger partial charge in [-0.25, -0.2) is 9.18 Å². The van der Waals surface area contributed by atoms with Crippen molar-refractivity contribution < 1.29 is 19.0 Å². The summed E-state index contributed by atoms with van der Waals surface area (Å²) in [5.74, 6) is -0.514. The van der Waals surface area contributed by atoms with Crippen molar-refractivity contribution in [3.8, 4) is 0 Å². The lowest BCUT2D eigenvalue weighted by Crippen LogP contribution is -2.34. The Kier molecular flexibility index (Phi) is 5.75. The van der Waals surface area contributed by atoms with Crippen molar-refractivity contribution in [1.29, 1.82) is 0 Å². The molecule has 1 aromatic heterocycles. The van der Waals surface area contributed by atoms with E-state index in [2.05, 4.69) is 24.6 Å². The average Bonchev–Trinajstić information content (AvgIpc) is 3.38. The molecule has 0 atom stereocenters. The van der Waals surface area contributed by atoms with Gasteiger partial charge in [-0.05, 0) is 105 Å². The number of aromatic nitrogens is 1. The summed E-state index contributed by atoms with van der Waals surface area (Å²) in [5, 5.41) is 10.2. The lowest BCUT2D eigenvalue weighted by molar-refractivity contribution is -0.00309. The van der Waals surface area contributed by atoms with Crippen molar-refractivity contribution in [3.05, 3.63) is 76.9 Å². The number of ether oxygens (including phenoxy) is 1. The Labute approximate surface area is 200 Å². The van der Waals surface area contributed by atoms with Crippen LogP contribution in [0.2, 0.25) is 0 Å². The molecule has 1 aliphatic heterocycles. The number of rotatable bonds is 5. The molecule has 1 spiro atoms. The summed E-state index contributed by atoms with van der Waals surface area (Å²) >= 11 is 0. The SMILES string of the molecule is Cc1cc(F)cc2c(CC3CCC4(CC3)CC(c3ccc(C(=O)O)cc3)=CO4)cn(C(C)C)c12. The predicted octanol–water partition coefficient (Wildman–Crippen LogP) is 7.30. The zero-order valence-electron chi connectivity index (χ0n) is 20.1. The number of fused-ring (bicyclic) bond motifs is 1. The van der Waals surface area contributed by atoms with Gasteiger partial charge >= 0.3 is 5.97 Å². The Morgan fingerprint density at radius 1 is 1.21 bits per heavy atom. The molecular formula is C29H32FNO3. The van der Waals surface area contributed by atoms with Crippen LogP contribution in [0.5, 0.6) is 0 Å². The van der Waals surface area contributed by atoms with E-state index >= 15 is 0 Å². The highest BCUT2D eigenvalue weighted by Crippen LogP contribution is 2.46.